The third-order valence-electron chi connectivity index (χ3n) is 5.28. The van der Waals surface area contributed by atoms with Crippen molar-refractivity contribution in [2.24, 2.45) is 10.8 Å². The van der Waals surface area contributed by atoms with Gasteiger partial charge in [-0.25, -0.2) is 0 Å². The molecule has 2 amide bonds. The smallest absolute Gasteiger partial charge is 0.226 e. The Morgan fingerprint density at radius 1 is 0.774 bits per heavy atom. The lowest BCUT2D eigenvalue weighted by atomic mass is 9.84. The number of nitrogens with one attached hydrogen (secondary N) is 2. The zero-order valence-electron chi connectivity index (χ0n) is 19.7. The third kappa shape index (κ3) is 7.74. The summed E-state index contributed by atoms with van der Waals surface area (Å²) in [5.74, 6) is 0.888. The van der Waals surface area contributed by atoms with Crippen LogP contribution in [0.2, 0.25) is 0 Å². The summed E-state index contributed by atoms with van der Waals surface area (Å²) < 4.78 is 5.16. The van der Waals surface area contributed by atoms with Crippen molar-refractivity contribution in [1.29, 1.82) is 0 Å². The molecule has 31 heavy (non-hydrogen) atoms. The van der Waals surface area contributed by atoms with E-state index < -0.39 is 5.41 Å². The molecule has 0 aliphatic heterocycles. The van der Waals surface area contributed by atoms with Gasteiger partial charge in [-0.2, -0.15) is 0 Å². The molecule has 0 aromatic heterocycles. The first-order valence-corrected chi connectivity index (χ1v) is 10.8. The van der Waals surface area contributed by atoms with Crippen LogP contribution in [0.5, 0.6) is 5.75 Å². The van der Waals surface area contributed by atoms with Crippen LogP contribution in [-0.4, -0.2) is 25.5 Å². The van der Waals surface area contributed by atoms with Crippen molar-refractivity contribution in [3.8, 4) is 5.75 Å². The molecule has 0 saturated heterocycles. The standard InChI is InChI=1S/C26H36N2O3/c1-25(2,3)23(29)27-16-15-19-7-9-20(10-8-19)17-26(4,5)24(30)28-18-21-11-13-22(31-6)14-12-21/h7-14H,15-18H2,1-6H3,(H,27,29)(H,28,30). The maximum atomic E-state index is 12.7. The number of ether oxygens (including phenoxy) is 1. The number of benzene rings is 2. The van der Waals surface area contributed by atoms with Crippen LogP contribution in [0.1, 0.15) is 51.3 Å². The molecular weight excluding hydrogens is 388 g/mol. The van der Waals surface area contributed by atoms with Crippen molar-refractivity contribution < 1.29 is 14.3 Å². The van der Waals surface area contributed by atoms with E-state index >= 15 is 0 Å². The van der Waals surface area contributed by atoms with Gasteiger partial charge in [0.2, 0.25) is 11.8 Å². The van der Waals surface area contributed by atoms with Gasteiger partial charge in [0.1, 0.15) is 5.75 Å². The van der Waals surface area contributed by atoms with Gasteiger partial charge in [-0.05, 0) is 41.7 Å². The van der Waals surface area contributed by atoms with Crippen molar-refractivity contribution in [2.45, 2.75) is 54.0 Å². The van der Waals surface area contributed by atoms with Crippen LogP contribution >= 0.6 is 0 Å². The van der Waals surface area contributed by atoms with Crippen LogP contribution in [0.25, 0.3) is 0 Å². The van der Waals surface area contributed by atoms with Gasteiger partial charge in [-0.15, -0.1) is 0 Å². The molecule has 0 radical (unpaired) electrons. The molecular formula is C26H36N2O3. The highest BCUT2D eigenvalue weighted by atomic mass is 16.5. The summed E-state index contributed by atoms with van der Waals surface area (Å²) >= 11 is 0. The Bertz CT molecular complexity index is 863. The van der Waals surface area contributed by atoms with Crippen LogP contribution in [0.3, 0.4) is 0 Å². The predicted molar refractivity (Wildman–Crippen MR) is 125 cm³/mol. The Labute approximate surface area is 186 Å². The van der Waals surface area contributed by atoms with Crippen molar-refractivity contribution in [1.82, 2.24) is 10.6 Å². The predicted octanol–water partition coefficient (Wildman–Crippen LogP) is 4.29. The summed E-state index contributed by atoms with van der Waals surface area (Å²) in [5.41, 5.74) is 2.43. The number of carbonyl (C=O) groups excluding carboxylic acids is 2. The van der Waals surface area contributed by atoms with E-state index in [1.165, 1.54) is 5.56 Å². The molecule has 0 fully saturated rings. The Balaban J connectivity index is 1.84. The van der Waals surface area contributed by atoms with Crippen LogP contribution in [-0.2, 0) is 29.0 Å². The zero-order valence-corrected chi connectivity index (χ0v) is 19.7. The minimum Gasteiger partial charge on any atom is -0.497 e. The fraction of sp³-hybridized carbons (Fsp3) is 0.462. The van der Waals surface area contributed by atoms with Crippen LogP contribution in [0, 0.1) is 10.8 Å². The Hall–Kier alpha value is -2.82. The molecule has 0 spiro atoms. The summed E-state index contributed by atoms with van der Waals surface area (Å²) in [6.45, 7) is 10.8. The molecule has 0 unspecified atom stereocenters. The molecule has 0 saturated carbocycles. The molecule has 2 aromatic rings. The van der Waals surface area contributed by atoms with Crippen LogP contribution < -0.4 is 15.4 Å². The number of carbonyl (C=O) groups is 2. The van der Waals surface area contributed by atoms with E-state index in [1.807, 2.05) is 58.9 Å². The van der Waals surface area contributed by atoms with Gasteiger partial charge in [0.05, 0.1) is 7.11 Å². The maximum absolute atomic E-state index is 12.7. The van der Waals surface area contributed by atoms with Crippen molar-refractivity contribution in [3.05, 3.63) is 65.2 Å². The van der Waals surface area contributed by atoms with Gasteiger partial charge in [-0.1, -0.05) is 71.0 Å². The monoisotopic (exact) mass is 424 g/mol. The highest BCUT2D eigenvalue weighted by Crippen LogP contribution is 2.23. The van der Waals surface area contributed by atoms with Gasteiger partial charge in [-0.3, -0.25) is 9.59 Å². The van der Waals surface area contributed by atoms with Crippen molar-refractivity contribution >= 4 is 11.8 Å². The lowest BCUT2D eigenvalue weighted by Crippen LogP contribution is -2.38. The number of amides is 2. The van der Waals surface area contributed by atoms with E-state index in [0.29, 0.717) is 19.5 Å². The Kier molecular flexibility index (Phi) is 8.26. The average Bonchev–Trinajstić information content (AvgIpc) is 2.72. The topological polar surface area (TPSA) is 67.4 Å². The van der Waals surface area contributed by atoms with Crippen LogP contribution in [0.15, 0.2) is 48.5 Å². The molecule has 0 aliphatic carbocycles. The third-order valence-corrected chi connectivity index (χ3v) is 5.28. The lowest BCUT2D eigenvalue weighted by molar-refractivity contribution is -0.129. The van der Waals surface area contributed by atoms with Crippen molar-refractivity contribution in [2.75, 3.05) is 13.7 Å². The minimum absolute atomic E-state index is 0.0253. The van der Waals surface area contributed by atoms with E-state index in [1.54, 1.807) is 7.11 Å². The first kappa shape index (κ1) is 24.4. The zero-order chi connectivity index (χ0) is 23.1. The molecule has 5 nitrogen and oxygen atoms in total. The first-order valence-electron chi connectivity index (χ1n) is 10.8. The summed E-state index contributed by atoms with van der Waals surface area (Å²) in [7, 11) is 1.64. The second-order valence-electron chi connectivity index (χ2n) is 9.66. The largest absolute Gasteiger partial charge is 0.497 e. The summed E-state index contributed by atoms with van der Waals surface area (Å²) in [4.78, 5) is 24.7. The highest BCUT2D eigenvalue weighted by Gasteiger charge is 2.27. The minimum atomic E-state index is -0.519. The number of hydrogen-bond donors (Lipinski definition) is 2. The fourth-order valence-electron chi connectivity index (χ4n) is 3.16. The van der Waals surface area contributed by atoms with E-state index in [0.717, 1.165) is 23.3 Å². The second-order valence-corrected chi connectivity index (χ2v) is 9.66. The number of hydrogen-bond acceptors (Lipinski definition) is 3. The molecule has 168 valence electrons. The summed E-state index contributed by atoms with van der Waals surface area (Å²) in [6.07, 6.45) is 1.44. The van der Waals surface area contributed by atoms with Gasteiger partial charge < -0.3 is 15.4 Å². The van der Waals surface area contributed by atoms with E-state index in [2.05, 4.69) is 34.9 Å². The summed E-state index contributed by atoms with van der Waals surface area (Å²) in [5, 5.41) is 6.01. The van der Waals surface area contributed by atoms with E-state index in [4.69, 9.17) is 4.74 Å². The second kappa shape index (κ2) is 10.5. The molecule has 0 heterocycles. The first-order chi connectivity index (χ1) is 14.5. The molecule has 2 aromatic carbocycles. The normalized spacial score (nSPS) is 11.7. The molecule has 2 N–H and O–H groups in total. The molecule has 2 rings (SSSR count). The van der Waals surface area contributed by atoms with Gasteiger partial charge in [0.15, 0.2) is 0 Å². The Morgan fingerprint density at radius 3 is 1.87 bits per heavy atom. The van der Waals surface area contributed by atoms with Gasteiger partial charge >= 0.3 is 0 Å². The average molecular weight is 425 g/mol. The quantitative estimate of drug-likeness (QED) is 0.631. The number of rotatable bonds is 9. The molecule has 5 heteroatoms. The van der Waals surface area contributed by atoms with Crippen molar-refractivity contribution in [3.63, 3.8) is 0 Å². The van der Waals surface area contributed by atoms with E-state index in [9.17, 15) is 9.59 Å². The lowest BCUT2D eigenvalue weighted by Gasteiger charge is -2.24. The maximum Gasteiger partial charge on any atom is 0.226 e. The Morgan fingerprint density at radius 2 is 1.32 bits per heavy atom. The molecule has 0 atom stereocenters. The number of methoxy groups -OCH3 is 1. The van der Waals surface area contributed by atoms with Crippen LogP contribution in [0.4, 0.5) is 0 Å². The molecule has 0 aliphatic rings. The fourth-order valence-corrected chi connectivity index (χ4v) is 3.16. The SMILES string of the molecule is COc1ccc(CNC(=O)C(C)(C)Cc2ccc(CCNC(=O)C(C)(C)C)cc2)cc1. The van der Waals surface area contributed by atoms with E-state index in [-0.39, 0.29) is 17.2 Å². The summed E-state index contributed by atoms with van der Waals surface area (Å²) in [6, 6.07) is 16.0. The molecule has 0 bridgehead atoms. The van der Waals surface area contributed by atoms with Gasteiger partial charge in [0, 0.05) is 23.9 Å². The van der Waals surface area contributed by atoms with Gasteiger partial charge in [0.25, 0.3) is 0 Å². The highest BCUT2D eigenvalue weighted by molar-refractivity contribution is 5.82.